The van der Waals surface area contributed by atoms with E-state index >= 15 is 0 Å². The summed E-state index contributed by atoms with van der Waals surface area (Å²) in [5, 5.41) is 5.77. The van der Waals surface area contributed by atoms with Crippen LogP contribution in [0.5, 0.6) is 0 Å². The molecule has 1 N–H and O–H groups in total. The van der Waals surface area contributed by atoms with Crippen LogP contribution in [-0.2, 0) is 0 Å². The average Bonchev–Trinajstić information content (AvgIpc) is 3.22. The summed E-state index contributed by atoms with van der Waals surface area (Å²) in [4.78, 5) is 10.7. The molecule has 1 aliphatic heterocycles. The molecule has 0 saturated carbocycles. The summed E-state index contributed by atoms with van der Waals surface area (Å²) in [6.07, 6.45) is 5.07. The molecule has 0 spiro atoms. The summed E-state index contributed by atoms with van der Waals surface area (Å²) in [7, 11) is 4.00. The van der Waals surface area contributed by atoms with Crippen molar-refractivity contribution in [3.63, 3.8) is 0 Å². The van der Waals surface area contributed by atoms with E-state index < -0.39 is 0 Å². The largest absolute Gasteiger partial charge is 0.354 e. The Bertz CT molecular complexity index is 438. The van der Waals surface area contributed by atoms with Crippen LogP contribution in [0, 0.1) is 0 Å². The zero-order chi connectivity index (χ0) is 15.8. The van der Waals surface area contributed by atoms with Crippen molar-refractivity contribution in [3.8, 4) is 0 Å². The van der Waals surface area contributed by atoms with Gasteiger partial charge in [0.1, 0.15) is 0 Å². The lowest BCUT2D eigenvalue weighted by Gasteiger charge is -2.29. The molecule has 1 atom stereocenters. The maximum atomic E-state index is 4.44. The first-order valence-corrected chi connectivity index (χ1v) is 9.33. The maximum Gasteiger partial charge on any atom is 0.193 e. The Labute approximate surface area is 139 Å². The first kappa shape index (κ1) is 17.3. The van der Waals surface area contributed by atoms with Gasteiger partial charge in [-0.2, -0.15) is 0 Å². The number of thiophene rings is 1. The molecule has 2 heterocycles. The van der Waals surface area contributed by atoms with Gasteiger partial charge in [0, 0.05) is 32.1 Å². The molecule has 1 aromatic heterocycles. The van der Waals surface area contributed by atoms with Crippen molar-refractivity contribution in [1.29, 1.82) is 0 Å². The fourth-order valence-electron chi connectivity index (χ4n) is 3.02. The first-order chi connectivity index (χ1) is 10.8. The van der Waals surface area contributed by atoms with Crippen molar-refractivity contribution in [2.24, 2.45) is 4.99 Å². The zero-order valence-electron chi connectivity index (χ0n) is 14.2. The minimum Gasteiger partial charge on any atom is -0.354 e. The molecule has 4 nitrogen and oxygen atoms in total. The van der Waals surface area contributed by atoms with Crippen LogP contribution in [0.15, 0.2) is 22.5 Å². The van der Waals surface area contributed by atoms with Gasteiger partial charge in [0.15, 0.2) is 5.96 Å². The van der Waals surface area contributed by atoms with Crippen molar-refractivity contribution in [2.45, 2.75) is 38.6 Å². The Morgan fingerprint density at radius 3 is 2.82 bits per heavy atom. The van der Waals surface area contributed by atoms with E-state index in [0.717, 1.165) is 19.0 Å². The Morgan fingerprint density at radius 1 is 1.45 bits per heavy atom. The van der Waals surface area contributed by atoms with Crippen molar-refractivity contribution >= 4 is 17.3 Å². The van der Waals surface area contributed by atoms with Crippen LogP contribution in [0.3, 0.4) is 0 Å². The van der Waals surface area contributed by atoms with Crippen LogP contribution in [0.4, 0.5) is 0 Å². The van der Waals surface area contributed by atoms with Crippen LogP contribution in [0.2, 0.25) is 0 Å². The van der Waals surface area contributed by atoms with Gasteiger partial charge in [0.25, 0.3) is 0 Å². The van der Waals surface area contributed by atoms with E-state index in [0.29, 0.717) is 6.04 Å². The van der Waals surface area contributed by atoms with Crippen LogP contribution in [-0.4, -0.2) is 56.0 Å². The quantitative estimate of drug-likeness (QED) is 0.618. The number of rotatable bonds is 7. The molecule has 1 unspecified atom stereocenters. The molecule has 1 fully saturated rings. The molecule has 1 aromatic rings. The van der Waals surface area contributed by atoms with Crippen LogP contribution >= 0.6 is 11.3 Å². The third kappa shape index (κ3) is 4.71. The second-order valence-electron chi connectivity index (χ2n) is 5.98. The van der Waals surface area contributed by atoms with Crippen LogP contribution in [0.25, 0.3) is 0 Å². The predicted octanol–water partition coefficient (Wildman–Crippen LogP) is 3.19. The molecule has 5 heteroatoms. The lowest BCUT2D eigenvalue weighted by Crippen LogP contribution is -2.43. The summed E-state index contributed by atoms with van der Waals surface area (Å²) >= 11 is 1.86. The number of nitrogens with one attached hydrogen (secondary N) is 1. The fourth-order valence-corrected chi connectivity index (χ4v) is 3.88. The highest BCUT2D eigenvalue weighted by Crippen LogP contribution is 2.27. The predicted molar refractivity (Wildman–Crippen MR) is 96.8 cm³/mol. The van der Waals surface area contributed by atoms with Gasteiger partial charge in [-0.25, -0.2) is 0 Å². The fraction of sp³-hybridized carbons (Fsp3) is 0.706. The number of likely N-dealkylation sites (tertiary alicyclic amines) is 1. The molecule has 0 aromatic carbocycles. The summed E-state index contributed by atoms with van der Waals surface area (Å²) in [6.45, 7) is 6.65. The summed E-state index contributed by atoms with van der Waals surface area (Å²) < 4.78 is 0. The minimum atomic E-state index is 0.471. The van der Waals surface area contributed by atoms with Crippen molar-refractivity contribution < 1.29 is 0 Å². The Hall–Kier alpha value is -1.07. The average molecular weight is 323 g/mol. The monoisotopic (exact) mass is 322 g/mol. The second kappa shape index (κ2) is 9.16. The smallest absolute Gasteiger partial charge is 0.193 e. The van der Waals surface area contributed by atoms with Gasteiger partial charge in [-0.1, -0.05) is 19.4 Å². The maximum absolute atomic E-state index is 4.44. The Kier molecular flexibility index (Phi) is 7.19. The lowest BCUT2D eigenvalue weighted by atomic mass is 10.2. The third-order valence-electron chi connectivity index (χ3n) is 4.33. The molecule has 1 saturated heterocycles. The standard InChI is InChI=1S/C17H30N4S/c1-4-5-10-20(3)17(18-2)19-14-15(16-9-8-13-22-16)21-11-6-7-12-21/h8-9,13,15H,4-7,10-12,14H2,1-3H3,(H,18,19). The molecule has 0 bridgehead atoms. The van der Waals surface area contributed by atoms with Gasteiger partial charge in [0.05, 0.1) is 6.04 Å². The highest BCUT2D eigenvalue weighted by Gasteiger charge is 2.24. The van der Waals surface area contributed by atoms with E-state index in [1.54, 1.807) is 0 Å². The molecule has 124 valence electrons. The van der Waals surface area contributed by atoms with E-state index in [9.17, 15) is 0 Å². The van der Waals surface area contributed by atoms with Gasteiger partial charge in [-0.15, -0.1) is 11.3 Å². The SMILES string of the molecule is CCCCN(C)C(=NC)NCC(c1cccs1)N1CCCC1. The number of hydrogen-bond donors (Lipinski definition) is 1. The van der Waals surface area contributed by atoms with Gasteiger partial charge >= 0.3 is 0 Å². The normalized spacial score (nSPS) is 17.7. The van der Waals surface area contributed by atoms with E-state index in [-0.39, 0.29) is 0 Å². The molecule has 0 amide bonds. The zero-order valence-corrected chi connectivity index (χ0v) is 15.0. The highest BCUT2D eigenvalue weighted by atomic mass is 32.1. The van der Waals surface area contributed by atoms with Crippen molar-refractivity contribution in [2.75, 3.05) is 40.3 Å². The number of guanidine groups is 1. The molecular formula is C17H30N4S. The second-order valence-corrected chi connectivity index (χ2v) is 6.96. The van der Waals surface area contributed by atoms with Gasteiger partial charge in [-0.3, -0.25) is 9.89 Å². The van der Waals surface area contributed by atoms with Gasteiger partial charge in [-0.05, 0) is 43.8 Å². The number of aliphatic imine (C=N–C) groups is 1. The van der Waals surface area contributed by atoms with E-state index in [2.05, 4.69) is 51.6 Å². The van der Waals surface area contributed by atoms with Crippen LogP contribution in [0.1, 0.15) is 43.5 Å². The van der Waals surface area contributed by atoms with E-state index in [1.165, 1.54) is 43.6 Å². The molecule has 22 heavy (non-hydrogen) atoms. The molecule has 1 aliphatic rings. The van der Waals surface area contributed by atoms with E-state index in [4.69, 9.17) is 0 Å². The van der Waals surface area contributed by atoms with Gasteiger partial charge in [0.2, 0.25) is 0 Å². The molecule has 0 aliphatic carbocycles. The Morgan fingerprint density at radius 2 is 2.23 bits per heavy atom. The molecule has 2 rings (SSSR count). The van der Waals surface area contributed by atoms with E-state index in [1.807, 2.05) is 18.4 Å². The number of unbranched alkanes of at least 4 members (excludes halogenated alkanes) is 1. The van der Waals surface area contributed by atoms with Crippen molar-refractivity contribution in [3.05, 3.63) is 22.4 Å². The first-order valence-electron chi connectivity index (χ1n) is 8.45. The highest BCUT2D eigenvalue weighted by molar-refractivity contribution is 7.10. The number of hydrogen-bond acceptors (Lipinski definition) is 3. The molecule has 0 radical (unpaired) electrons. The summed E-state index contributed by atoms with van der Waals surface area (Å²) in [6, 6.07) is 4.89. The number of nitrogens with zero attached hydrogens (tertiary/aromatic N) is 3. The summed E-state index contributed by atoms with van der Waals surface area (Å²) in [5.74, 6) is 1.01. The van der Waals surface area contributed by atoms with Crippen LogP contribution < -0.4 is 5.32 Å². The lowest BCUT2D eigenvalue weighted by molar-refractivity contribution is 0.247. The summed E-state index contributed by atoms with van der Waals surface area (Å²) in [5.41, 5.74) is 0. The Balaban J connectivity index is 1.95. The third-order valence-corrected chi connectivity index (χ3v) is 5.30. The minimum absolute atomic E-state index is 0.471. The van der Waals surface area contributed by atoms with Crippen molar-refractivity contribution in [1.82, 2.24) is 15.1 Å². The topological polar surface area (TPSA) is 30.9 Å². The molecular weight excluding hydrogens is 292 g/mol. The van der Waals surface area contributed by atoms with Gasteiger partial charge < -0.3 is 10.2 Å².